The molecular weight excluding hydrogens is 568 g/mol. The Hall–Kier alpha value is -4.43. The Labute approximate surface area is 256 Å². The smallest absolute Gasteiger partial charge is 0.308 e. The van der Waals surface area contributed by atoms with Crippen LogP contribution in [0.15, 0.2) is 82.4 Å². The summed E-state index contributed by atoms with van der Waals surface area (Å²) < 4.78 is 5.24. The van der Waals surface area contributed by atoms with E-state index >= 15 is 0 Å². The first kappa shape index (κ1) is 34.8. The monoisotopic (exact) mass is 606 g/mol. The fourth-order valence-electron chi connectivity index (χ4n) is 4.28. The van der Waals surface area contributed by atoms with E-state index in [2.05, 4.69) is 49.3 Å². The van der Waals surface area contributed by atoms with Crippen molar-refractivity contribution in [3.8, 4) is 33.8 Å². The van der Waals surface area contributed by atoms with Crippen molar-refractivity contribution in [2.75, 3.05) is 0 Å². The molecule has 0 saturated carbocycles. The average molecular weight is 607 g/mol. The molecule has 0 aliphatic carbocycles. The number of esters is 1. The van der Waals surface area contributed by atoms with Gasteiger partial charge in [-0.2, -0.15) is 0 Å². The highest BCUT2D eigenvalue weighted by atomic mass is 35.5. The topological polar surface area (TPSA) is 129 Å². The predicted octanol–water partition coefficient (Wildman–Crippen LogP) is 6.88. The van der Waals surface area contributed by atoms with Crippen molar-refractivity contribution < 1.29 is 19.4 Å². The highest BCUT2D eigenvalue weighted by Crippen LogP contribution is 2.28. The summed E-state index contributed by atoms with van der Waals surface area (Å²) >= 11 is 4.64. The first-order valence-corrected chi connectivity index (χ1v) is 14.3. The summed E-state index contributed by atoms with van der Waals surface area (Å²) in [7, 11) is 0. The van der Waals surface area contributed by atoms with E-state index in [1.807, 2.05) is 60.7 Å². The van der Waals surface area contributed by atoms with Gasteiger partial charge in [0.15, 0.2) is 0 Å². The molecule has 0 spiro atoms. The van der Waals surface area contributed by atoms with E-state index in [9.17, 15) is 24.3 Å². The Morgan fingerprint density at radius 1 is 0.744 bits per heavy atom. The zero-order chi connectivity index (χ0) is 32.1. The van der Waals surface area contributed by atoms with Crippen molar-refractivity contribution in [3.63, 3.8) is 0 Å². The number of H-pyrrole nitrogens is 2. The Morgan fingerprint density at radius 2 is 1.14 bits per heavy atom. The number of halogens is 1. The molecule has 2 aromatic heterocycles. The third kappa shape index (κ3) is 11.8. The summed E-state index contributed by atoms with van der Waals surface area (Å²) in [6, 6.07) is 21.8. The second kappa shape index (κ2) is 16.9. The van der Waals surface area contributed by atoms with E-state index in [0.29, 0.717) is 28.7 Å². The largest absolute Gasteiger partial charge is 0.507 e. The van der Waals surface area contributed by atoms with Gasteiger partial charge < -0.3 is 19.8 Å². The van der Waals surface area contributed by atoms with Crippen molar-refractivity contribution in [3.05, 3.63) is 105 Å². The molecule has 2 aromatic carbocycles. The Bertz CT molecular complexity index is 1610. The molecule has 43 heavy (non-hydrogen) atoms. The molecule has 0 aliphatic rings. The van der Waals surface area contributed by atoms with Gasteiger partial charge >= 0.3 is 5.97 Å². The molecule has 0 saturated heterocycles. The molecule has 2 heterocycles. The van der Waals surface area contributed by atoms with Crippen LogP contribution in [0.1, 0.15) is 52.9 Å². The number of carbonyl (C=O) groups is 2. The molecule has 4 rings (SSSR count). The van der Waals surface area contributed by atoms with Crippen molar-refractivity contribution in [1.82, 2.24) is 9.97 Å². The number of hydrogen-bond acceptors (Lipinski definition) is 6. The van der Waals surface area contributed by atoms with Crippen LogP contribution in [0.2, 0.25) is 0 Å². The second-order valence-corrected chi connectivity index (χ2v) is 11.3. The Balaban J connectivity index is 0.000000269. The molecule has 0 radical (unpaired) electrons. The minimum absolute atomic E-state index is 0.0422. The maximum Gasteiger partial charge on any atom is 0.308 e. The van der Waals surface area contributed by atoms with Crippen LogP contribution in [0.4, 0.5) is 0 Å². The third-order valence-corrected chi connectivity index (χ3v) is 5.76. The first-order chi connectivity index (χ1) is 20.3. The zero-order valence-electron chi connectivity index (χ0n) is 25.4. The van der Waals surface area contributed by atoms with Crippen LogP contribution in [0.3, 0.4) is 0 Å². The van der Waals surface area contributed by atoms with Crippen LogP contribution in [0, 0.1) is 11.8 Å². The Kier molecular flexibility index (Phi) is 13.6. The van der Waals surface area contributed by atoms with Gasteiger partial charge in [-0.25, -0.2) is 0 Å². The summed E-state index contributed by atoms with van der Waals surface area (Å²) in [5.74, 6) is 0.748. The highest BCUT2D eigenvalue weighted by molar-refractivity contribution is 6.62. The van der Waals surface area contributed by atoms with Crippen LogP contribution >= 0.6 is 11.6 Å². The van der Waals surface area contributed by atoms with E-state index in [0.717, 1.165) is 35.4 Å². The van der Waals surface area contributed by atoms with Gasteiger partial charge in [-0.15, -0.1) is 0 Å². The number of pyridine rings is 2. The predicted molar refractivity (Wildman–Crippen MR) is 172 cm³/mol. The highest BCUT2D eigenvalue weighted by Gasteiger charge is 2.15. The summed E-state index contributed by atoms with van der Waals surface area (Å²) in [5.41, 5.74) is 3.24. The first-order valence-electron chi connectivity index (χ1n) is 13.9. The SMILES string of the molecule is CC(=O)Cl.CC(=O)Oc1cc(CC(C)C)[nH]c(=O)c1-c1ccccc1.CC(C)Cc1cc(O)c(-c2ccccc2)c(=O)[nH]1. The van der Waals surface area contributed by atoms with Crippen LogP contribution in [-0.4, -0.2) is 26.3 Å². The van der Waals surface area contributed by atoms with Crippen molar-refractivity contribution in [2.45, 2.75) is 54.4 Å². The van der Waals surface area contributed by atoms with Gasteiger partial charge in [-0.3, -0.25) is 19.2 Å². The lowest BCUT2D eigenvalue weighted by Crippen LogP contribution is -2.16. The third-order valence-electron chi connectivity index (χ3n) is 5.76. The van der Waals surface area contributed by atoms with E-state index < -0.39 is 5.97 Å². The number of rotatable bonds is 7. The van der Waals surface area contributed by atoms with Gasteiger partial charge in [-0.1, -0.05) is 88.4 Å². The van der Waals surface area contributed by atoms with Crippen molar-refractivity contribution in [1.29, 1.82) is 0 Å². The minimum atomic E-state index is -0.437. The van der Waals surface area contributed by atoms with Crippen LogP contribution < -0.4 is 15.9 Å². The molecule has 0 amide bonds. The lowest BCUT2D eigenvalue weighted by atomic mass is 10.0. The zero-order valence-corrected chi connectivity index (χ0v) is 26.1. The molecule has 0 aliphatic heterocycles. The number of nitrogens with one attached hydrogen (secondary N) is 2. The van der Waals surface area contributed by atoms with E-state index in [-0.39, 0.29) is 22.1 Å². The number of carbonyl (C=O) groups excluding carboxylic acids is 2. The molecule has 4 aromatic rings. The van der Waals surface area contributed by atoms with Gasteiger partial charge in [0.05, 0.1) is 11.1 Å². The lowest BCUT2D eigenvalue weighted by molar-refractivity contribution is -0.131. The van der Waals surface area contributed by atoms with Crippen LogP contribution in [0.5, 0.6) is 11.5 Å². The van der Waals surface area contributed by atoms with Crippen LogP contribution in [-0.2, 0) is 22.4 Å². The maximum atomic E-state index is 12.4. The second-order valence-electron chi connectivity index (χ2n) is 10.7. The molecule has 0 bridgehead atoms. The summed E-state index contributed by atoms with van der Waals surface area (Å²) in [6.45, 7) is 10.9. The quantitative estimate of drug-likeness (QED) is 0.155. The molecular formula is C34H39ClN2O6. The average Bonchev–Trinajstić information content (AvgIpc) is 2.88. The molecule has 228 valence electrons. The number of aromatic hydroxyl groups is 1. The molecule has 9 heteroatoms. The minimum Gasteiger partial charge on any atom is -0.507 e. The number of hydrogen-bond donors (Lipinski definition) is 3. The summed E-state index contributed by atoms with van der Waals surface area (Å²) in [5, 5.41) is 9.66. The molecule has 0 unspecified atom stereocenters. The van der Waals surface area contributed by atoms with Gasteiger partial charge in [0.2, 0.25) is 5.24 Å². The van der Waals surface area contributed by atoms with Crippen molar-refractivity contribution in [2.24, 2.45) is 11.8 Å². The lowest BCUT2D eigenvalue weighted by Gasteiger charge is -2.12. The van der Waals surface area contributed by atoms with E-state index in [1.54, 1.807) is 12.1 Å². The number of aromatic nitrogens is 2. The van der Waals surface area contributed by atoms with Crippen LogP contribution in [0.25, 0.3) is 22.3 Å². The standard InChI is InChI=1S/C17H19NO3.C15H17NO2.C2H3ClO/c1-11(2)9-14-10-15(21-12(3)19)16(17(20)18-14)13-7-5-4-6-8-13;1-10(2)8-12-9-13(17)14(15(18)16-12)11-6-4-3-5-7-11;1-2(3)4/h4-8,10-11H,9H2,1-3H3,(H,18,20);3-7,9-10H,8H2,1-2H3,(H2,16,17,18);1H3. The van der Waals surface area contributed by atoms with Gasteiger partial charge in [-0.05, 0) is 47.4 Å². The normalized spacial score (nSPS) is 10.3. The van der Waals surface area contributed by atoms with Gasteiger partial charge in [0, 0.05) is 37.4 Å². The fraction of sp³-hybridized carbons (Fsp3) is 0.294. The number of aromatic amines is 2. The van der Waals surface area contributed by atoms with E-state index in [1.165, 1.54) is 13.8 Å². The fourth-order valence-corrected chi connectivity index (χ4v) is 4.28. The number of benzene rings is 2. The Morgan fingerprint density at radius 3 is 1.53 bits per heavy atom. The number of ether oxygens (including phenoxy) is 1. The molecule has 3 N–H and O–H groups in total. The molecule has 0 atom stereocenters. The van der Waals surface area contributed by atoms with E-state index in [4.69, 9.17) is 4.74 Å². The summed E-state index contributed by atoms with van der Waals surface area (Å²) in [4.78, 5) is 50.6. The van der Waals surface area contributed by atoms with Gasteiger partial charge in [0.1, 0.15) is 11.5 Å². The van der Waals surface area contributed by atoms with Crippen molar-refractivity contribution >= 4 is 22.8 Å². The molecule has 8 nitrogen and oxygen atoms in total. The summed E-state index contributed by atoms with van der Waals surface area (Å²) in [6.07, 6.45) is 1.47. The molecule has 0 fully saturated rings. The van der Waals surface area contributed by atoms with Gasteiger partial charge in [0.25, 0.3) is 11.1 Å². The maximum absolute atomic E-state index is 12.4.